The second-order valence-electron chi connectivity index (χ2n) is 7.15. The van der Waals surface area contributed by atoms with Gasteiger partial charge in [-0.1, -0.05) is 30.3 Å². The lowest BCUT2D eigenvalue weighted by Crippen LogP contribution is -2.43. The maximum absolute atomic E-state index is 12.7. The van der Waals surface area contributed by atoms with Gasteiger partial charge in [-0.3, -0.25) is 4.90 Å². The summed E-state index contributed by atoms with van der Waals surface area (Å²) in [6.07, 6.45) is -5.50. The zero-order chi connectivity index (χ0) is 18.0. The molecule has 0 radical (unpaired) electrons. The molecule has 2 unspecified atom stereocenters. The first-order chi connectivity index (χ1) is 11.0. The van der Waals surface area contributed by atoms with Crippen LogP contribution < -0.4 is 5.32 Å². The highest BCUT2D eigenvalue weighted by Gasteiger charge is 2.41. The highest BCUT2D eigenvalue weighted by molar-refractivity contribution is 5.68. The maximum Gasteiger partial charge on any atom is 0.407 e. The molecule has 1 N–H and O–H groups in total. The quantitative estimate of drug-likeness (QED) is 0.912. The van der Waals surface area contributed by atoms with Crippen LogP contribution in [-0.2, 0) is 4.74 Å². The molecule has 1 aliphatic rings. The topological polar surface area (TPSA) is 41.6 Å². The van der Waals surface area contributed by atoms with Gasteiger partial charge in [0, 0.05) is 24.5 Å². The summed E-state index contributed by atoms with van der Waals surface area (Å²) in [5, 5.41) is 2.68. The summed E-state index contributed by atoms with van der Waals surface area (Å²) in [5.41, 5.74) is 0.402. The van der Waals surface area contributed by atoms with E-state index in [1.807, 2.05) is 51.1 Å². The van der Waals surface area contributed by atoms with Gasteiger partial charge in [0.05, 0.1) is 6.54 Å². The Morgan fingerprint density at radius 1 is 1.21 bits per heavy atom. The smallest absolute Gasteiger partial charge is 0.407 e. The number of benzene rings is 1. The van der Waals surface area contributed by atoms with Crippen molar-refractivity contribution in [2.75, 3.05) is 19.6 Å². The third-order valence-electron chi connectivity index (χ3n) is 3.71. The lowest BCUT2D eigenvalue weighted by Gasteiger charge is -2.24. The van der Waals surface area contributed by atoms with Gasteiger partial charge in [0.1, 0.15) is 6.10 Å². The lowest BCUT2D eigenvalue weighted by atomic mass is 9.96. The lowest BCUT2D eigenvalue weighted by molar-refractivity contribution is -0.144. The highest BCUT2D eigenvalue weighted by atomic mass is 19.4. The van der Waals surface area contributed by atoms with Gasteiger partial charge in [-0.25, -0.2) is 4.79 Å². The van der Waals surface area contributed by atoms with Crippen LogP contribution in [0.15, 0.2) is 30.3 Å². The molecule has 134 valence electrons. The molecule has 0 bridgehead atoms. The van der Waals surface area contributed by atoms with E-state index in [0.717, 1.165) is 5.56 Å². The Kier molecular flexibility index (Phi) is 5.42. The number of alkyl halides is 3. The molecule has 1 aliphatic heterocycles. The van der Waals surface area contributed by atoms with Gasteiger partial charge in [0.25, 0.3) is 0 Å². The molecule has 0 aromatic heterocycles. The molecule has 1 aromatic rings. The molecule has 0 aliphatic carbocycles. The highest BCUT2D eigenvalue weighted by Crippen LogP contribution is 2.32. The van der Waals surface area contributed by atoms with Crippen LogP contribution in [0.3, 0.4) is 0 Å². The first-order valence-corrected chi connectivity index (χ1v) is 7.86. The summed E-state index contributed by atoms with van der Waals surface area (Å²) in [4.78, 5) is 13.3. The van der Waals surface area contributed by atoms with Gasteiger partial charge in [0.15, 0.2) is 0 Å². The molecule has 2 atom stereocenters. The number of alkyl carbamates (subject to hydrolysis) is 1. The standard InChI is InChI=1S/C17H23F3N2O2/c1-16(2,3)21-15(23)24-14-10-22(11-17(18,19)20)9-13(14)12-7-5-4-6-8-12/h4-8,13-14H,9-11H2,1-3H3,(H,21,23). The largest absolute Gasteiger partial charge is 0.444 e. The van der Waals surface area contributed by atoms with Crippen LogP contribution in [0.1, 0.15) is 32.3 Å². The third-order valence-corrected chi connectivity index (χ3v) is 3.71. The number of amides is 1. The number of carbonyl (C=O) groups excluding carboxylic acids is 1. The van der Waals surface area contributed by atoms with Gasteiger partial charge in [0.2, 0.25) is 0 Å². The molecule has 1 heterocycles. The molecule has 0 spiro atoms. The summed E-state index contributed by atoms with van der Waals surface area (Å²) in [6.45, 7) is 4.71. The second-order valence-corrected chi connectivity index (χ2v) is 7.15. The van der Waals surface area contributed by atoms with Crippen LogP contribution >= 0.6 is 0 Å². The summed E-state index contributed by atoms with van der Waals surface area (Å²) in [6, 6.07) is 9.19. The van der Waals surface area contributed by atoms with Crippen molar-refractivity contribution in [3.63, 3.8) is 0 Å². The van der Waals surface area contributed by atoms with Gasteiger partial charge in [-0.05, 0) is 26.3 Å². The zero-order valence-corrected chi connectivity index (χ0v) is 14.1. The van der Waals surface area contributed by atoms with Crippen molar-refractivity contribution in [1.29, 1.82) is 0 Å². The summed E-state index contributed by atoms with van der Waals surface area (Å²) < 4.78 is 43.5. The van der Waals surface area contributed by atoms with Gasteiger partial charge >= 0.3 is 12.3 Å². The van der Waals surface area contributed by atoms with Crippen molar-refractivity contribution in [3.05, 3.63) is 35.9 Å². The van der Waals surface area contributed by atoms with Crippen LogP contribution in [0.25, 0.3) is 0 Å². The molecule has 2 rings (SSSR count). The first kappa shape index (κ1) is 18.6. The summed E-state index contributed by atoms with van der Waals surface area (Å²) in [5.74, 6) is -0.278. The molecule has 1 aromatic carbocycles. The van der Waals surface area contributed by atoms with Crippen LogP contribution in [0.2, 0.25) is 0 Å². The fourth-order valence-corrected chi connectivity index (χ4v) is 2.85. The first-order valence-electron chi connectivity index (χ1n) is 7.86. The average Bonchev–Trinajstić information content (AvgIpc) is 2.77. The number of nitrogens with one attached hydrogen (secondary N) is 1. The molecule has 4 nitrogen and oxygen atoms in total. The van der Waals surface area contributed by atoms with Crippen LogP contribution in [-0.4, -0.2) is 48.4 Å². The molecule has 7 heteroatoms. The molecule has 24 heavy (non-hydrogen) atoms. The number of hydrogen-bond acceptors (Lipinski definition) is 3. The zero-order valence-electron chi connectivity index (χ0n) is 14.1. The number of nitrogens with zero attached hydrogens (tertiary/aromatic N) is 1. The number of hydrogen-bond donors (Lipinski definition) is 1. The third kappa shape index (κ3) is 5.70. The van der Waals surface area contributed by atoms with Crippen molar-refractivity contribution >= 4 is 6.09 Å². The fourth-order valence-electron chi connectivity index (χ4n) is 2.85. The number of likely N-dealkylation sites (tertiary alicyclic amines) is 1. The monoisotopic (exact) mass is 344 g/mol. The molecular formula is C17H23F3N2O2. The summed E-state index contributed by atoms with van der Waals surface area (Å²) in [7, 11) is 0. The van der Waals surface area contributed by atoms with E-state index in [-0.39, 0.29) is 19.0 Å². The Balaban J connectivity index is 2.11. The Hall–Kier alpha value is -1.76. The minimum atomic E-state index is -4.27. The van der Waals surface area contributed by atoms with Crippen molar-refractivity contribution in [2.45, 2.75) is 44.5 Å². The maximum atomic E-state index is 12.7. The van der Waals surface area contributed by atoms with E-state index in [0.29, 0.717) is 0 Å². The van der Waals surface area contributed by atoms with Crippen molar-refractivity contribution in [1.82, 2.24) is 10.2 Å². The normalized spacial score (nSPS) is 22.4. The SMILES string of the molecule is CC(C)(C)NC(=O)OC1CN(CC(F)(F)F)CC1c1ccccc1. The minimum absolute atomic E-state index is 0.0661. The van der Waals surface area contributed by atoms with Crippen molar-refractivity contribution in [2.24, 2.45) is 0 Å². The Morgan fingerprint density at radius 3 is 2.38 bits per heavy atom. The van der Waals surface area contributed by atoms with Crippen LogP contribution in [0.5, 0.6) is 0 Å². The van der Waals surface area contributed by atoms with Gasteiger partial charge in [-0.15, -0.1) is 0 Å². The van der Waals surface area contributed by atoms with Crippen LogP contribution in [0.4, 0.5) is 18.0 Å². The van der Waals surface area contributed by atoms with E-state index in [1.54, 1.807) is 0 Å². The van der Waals surface area contributed by atoms with E-state index in [2.05, 4.69) is 5.32 Å². The second kappa shape index (κ2) is 7.01. The van der Waals surface area contributed by atoms with E-state index < -0.39 is 30.5 Å². The summed E-state index contributed by atoms with van der Waals surface area (Å²) >= 11 is 0. The van der Waals surface area contributed by atoms with Crippen molar-refractivity contribution < 1.29 is 22.7 Å². The molecule has 1 fully saturated rings. The van der Waals surface area contributed by atoms with Crippen LogP contribution in [0, 0.1) is 0 Å². The van der Waals surface area contributed by atoms with E-state index in [9.17, 15) is 18.0 Å². The molecular weight excluding hydrogens is 321 g/mol. The van der Waals surface area contributed by atoms with Gasteiger partial charge < -0.3 is 10.1 Å². The molecule has 1 saturated heterocycles. The minimum Gasteiger partial charge on any atom is -0.444 e. The van der Waals surface area contributed by atoms with E-state index >= 15 is 0 Å². The molecule has 0 saturated carbocycles. The number of rotatable bonds is 3. The Labute approximate surface area is 140 Å². The van der Waals surface area contributed by atoms with E-state index in [4.69, 9.17) is 4.74 Å². The van der Waals surface area contributed by atoms with E-state index in [1.165, 1.54) is 4.90 Å². The number of ether oxygens (including phenoxy) is 1. The van der Waals surface area contributed by atoms with Crippen molar-refractivity contribution in [3.8, 4) is 0 Å². The number of halogens is 3. The predicted molar refractivity (Wildman–Crippen MR) is 84.8 cm³/mol. The predicted octanol–water partition coefficient (Wildman–Crippen LogP) is 3.54. The Bertz CT molecular complexity index is 555. The Morgan fingerprint density at radius 2 is 1.83 bits per heavy atom. The molecule has 1 amide bonds. The fraction of sp³-hybridized carbons (Fsp3) is 0.588. The number of carbonyl (C=O) groups is 1. The van der Waals surface area contributed by atoms with Gasteiger partial charge in [-0.2, -0.15) is 13.2 Å². The average molecular weight is 344 g/mol.